The Labute approximate surface area is 271 Å². The number of carbonyl (C=O) groups excluding carboxylic acids is 1. The minimum atomic E-state index is -0.377. The van der Waals surface area contributed by atoms with Crippen molar-refractivity contribution < 1.29 is 34.4 Å². The van der Waals surface area contributed by atoms with Crippen molar-refractivity contribution in [3.63, 3.8) is 0 Å². The molecule has 0 aliphatic carbocycles. The van der Waals surface area contributed by atoms with Gasteiger partial charge in [0.05, 0.1) is 0 Å². The second-order valence-electron chi connectivity index (χ2n) is 13.1. The maximum atomic E-state index is 14.2. The van der Waals surface area contributed by atoms with E-state index in [1.165, 1.54) is 23.3 Å². The number of rotatable bonds is 8. The van der Waals surface area contributed by atoms with Gasteiger partial charge in [-0.1, -0.05) is 93.5 Å². The molecule has 5 heteroatoms. The Hall–Kier alpha value is -2.88. The molecule has 0 bridgehead atoms. The van der Waals surface area contributed by atoms with E-state index in [0.29, 0.717) is 17.2 Å². The van der Waals surface area contributed by atoms with Crippen LogP contribution in [0, 0.1) is 22.7 Å². The predicted molar refractivity (Wildman–Crippen MR) is 176 cm³/mol. The van der Waals surface area contributed by atoms with Crippen molar-refractivity contribution in [1.82, 2.24) is 4.98 Å². The van der Waals surface area contributed by atoms with Crippen molar-refractivity contribution in [2.45, 2.75) is 93.9 Å². The average Bonchev–Trinajstić information content (AvgIpc) is 2.96. The fourth-order valence-electron chi connectivity index (χ4n) is 4.46. The summed E-state index contributed by atoms with van der Waals surface area (Å²) >= 11 is 0. The number of aliphatic hydroxyl groups excluding tert-OH is 1. The summed E-state index contributed by atoms with van der Waals surface area (Å²) in [7, 11) is 0. The summed E-state index contributed by atoms with van der Waals surface area (Å²) < 4.78 is 14.2. The maximum Gasteiger partial charge on any atom is 0.164 e. The Balaban J connectivity index is 0.000000348. The number of hydrogen-bond acceptors (Lipinski definition) is 3. The molecule has 0 aliphatic heterocycles. The van der Waals surface area contributed by atoms with Crippen LogP contribution in [0.25, 0.3) is 32.8 Å². The Morgan fingerprint density at radius 1 is 0.884 bits per heavy atom. The molecule has 0 aliphatic rings. The van der Waals surface area contributed by atoms with Gasteiger partial charge in [-0.25, -0.2) is 4.39 Å². The third-order valence-electron chi connectivity index (χ3n) is 8.60. The number of carbonyl (C=O) groups is 1. The summed E-state index contributed by atoms with van der Waals surface area (Å²) in [5.41, 5.74) is 3.71. The summed E-state index contributed by atoms with van der Waals surface area (Å²) in [6, 6.07) is 19.0. The van der Waals surface area contributed by atoms with Gasteiger partial charge in [0.2, 0.25) is 0 Å². The molecule has 0 atom stereocenters. The van der Waals surface area contributed by atoms with Gasteiger partial charge in [-0.2, -0.15) is 0 Å². The molecule has 4 rings (SSSR count). The number of hydrogen-bond donors (Lipinski definition) is 1. The van der Waals surface area contributed by atoms with E-state index < -0.39 is 0 Å². The zero-order valence-corrected chi connectivity index (χ0v) is 29.8. The van der Waals surface area contributed by atoms with Crippen LogP contribution in [-0.2, 0) is 24.9 Å². The third kappa shape index (κ3) is 8.40. The van der Waals surface area contributed by atoms with Crippen LogP contribution in [0.3, 0.4) is 0 Å². The number of benzene rings is 3. The molecule has 1 radical (unpaired) electrons. The summed E-state index contributed by atoms with van der Waals surface area (Å²) in [6.45, 7) is 20.4. The van der Waals surface area contributed by atoms with Gasteiger partial charge in [-0.15, -0.1) is 34.9 Å². The molecule has 1 N–H and O–H groups in total. The summed E-state index contributed by atoms with van der Waals surface area (Å²) in [5.74, 6) is 0.830. The zero-order valence-electron chi connectivity index (χ0n) is 27.4. The number of ketones is 1. The number of fused-ring (bicyclic) bond motifs is 3. The van der Waals surface area contributed by atoms with Crippen molar-refractivity contribution in [2.75, 3.05) is 0 Å². The zero-order chi connectivity index (χ0) is 31.4. The van der Waals surface area contributed by atoms with Crippen LogP contribution < -0.4 is 0 Å². The average molecular weight is 761 g/mol. The van der Waals surface area contributed by atoms with Gasteiger partial charge in [0.15, 0.2) is 5.78 Å². The first-order valence-electron chi connectivity index (χ1n) is 15.1. The molecule has 4 aromatic rings. The normalized spacial score (nSPS) is 12.3. The van der Waals surface area contributed by atoms with Gasteiger partial charge < -0.3 is 10.1 Å². The Bertz CT molecular complexity index is 1570. The van der Waals surface area contributed by atoms with Crippen LogP contribution >= 0.6 is 0 Å². The molecule has 0 fully saturated rings. The second kappa shape index (κ2) is 14.7. The van der Waals surface area contributed by atoms with Crippen molar-refractivity contribution >= 4 is 27.3 Å². The second-order valence-corrected chi connectivity index (χ2v) is 13.1. The van der Waals surface area contributed by atoms with E-state index in [2.05, 4.69) is 50.9 Å². The first-order valence-corrected chi connectivity index (χ1v) is 15.1. The quantitative estimate of drug-likeness (QED) is 0.0842. The van der Waals surface area contributed by atoms with Crippen LogP contribution in [0.1, 0.15) is 105 Å². The van der Waals surface area contributed by atoms with Gasteiger partial charge in [0, 0.05) is 48.6 Å². The van der Waals surface area contributed by atoms with E-state index in [4.69, 9.17) is 0 Å². The molecule has 1 heterocycles. The van der Waals surface area contributed by atoms with Crippen LogP contribution in [0.15, 0.2) is 66.6 Å². The standard InChI is InChI=1S/C25H23FN.C13H24O2.Ir/c1-15(2)17-12-18(16(3)4)14-19(13-17)25-23-9-8-22-20(6-5-7-24(22)26)21(23)10-11-27-25;1-7-12(3,4)10(14)9-11(15)13(5,6)8-2;/h5-13,15-16H,1-4H3;9,14H,7-8H2,1-6H3;/q-1;;/b;10-9-;. The van der Waals surface area contributed by atoms with Gasteiger partial charge >= 0.3 is 0 Å². The van der Waals surface area contributed by atoms with Crippen LogP contribution in [-0.4, -0.2) is 15.9 Å². The minimum absolute atomic E-state index is 0. The largest absolute Gasteiger partial charge is 0.512 e. The number of nitrogens with zero attached hydrogens (tertiary/aromatic N) is 1. The molecular weight excluding hydrogens is 714 g/mol. The summed E-state index contributed by atoms with van der Waals surface area (Å²) in [6.07, 6.45) is 4.80. The molecule has 43 heavy (non-hydrogen) atoms. The van der Waals surface area contributed by atoms with E-state index in [1.54, 1.807) is 6.07 Å². The van der Waals surface area contributed by atoms with Gasteiger partial charge in [-0.3, -0.25) is 4.79 Å². The number of aromatic nitrogens is 1. The third-order valence-corrected chi connectivity index (χ3v) is 8.60. The minimum Gasteiger partial charge on any atom is -0.512 e. The van der Waals surface area contributed by atoms with E-state index >= 15 is 0 Å². The predicted octanol–water partition coefficient (Wildman–Crippen LogP) is 11.1. The molecular formula is C38H47FIrNO2-. The molecule has 0 spiro atoms. The SMILES string of the molecule is CC(C)c1[c-]c(-c2nccc3c2ccc2c(F)cccc23)cc(C(C)C)c1.CCC(C)(C)C(=O)/C=C(\O)C(C)(C)CC.[Ir]. The smallest absolute Gasteiger partial charge is 0.164 e. The van der Waals surface area contributed by atoms with Gasteiger partial charge in [-0.05, 0) is 58.7 Å². The molecule has 0 saturated heterocycles. The Morgan fingerprint density at radius 3 is 2.07 bits per heavy atom. The number of allylic oxidation sites excluding steroid dienone is 2. The molecule has 0 saturated carbocycles. The van der Waals surface area contributed by atoms with Crippen molar-refractivity contribution in [2.24, 2.45) is 10.8 Å². The van der Waals surface area contributed by atoms with E-state index in [0.717, 1.165) is 40.3 Å². The molecule has 0 amide bonds. The number of halogens is 1. The van der Waals surface area contributed by atoms with Gasteiger partial charge in [0.25, 0.3) is 0 Å². The van der Waals surface area contributed by atoms with Crippen LogP contribution in [0.2, 0.25) is 0 Å². The van der Waals surface area contributed by atoms with E-state index in [9.17, 15) is 14.3 Å². The van der Waals surface area contributed by atoms with E-state index in [-0.39, 0.29) is 48.3 Å². The van der Waals surface area contributed by atoms with Crippen LogP contribution in [0.4, 0.5) is 4.39 Å². The number of aliphatic hydroxyl groups is 1. The Morgan fingerprint density at radius 2 is 1.49 bits per heavy atom. The fraction of sp³-hybridized carbons (Fsp3) is 0.421. The summed E-state index contributed by atoms with van der Waals surface area (Å²) in [5, 5.41) is 13.5. The molecule has 3 nitrogen and oxygen atoms in total. The first-order chi connectivity index (χ1) is 19.6. The van der Waals surface area contributed by atoms with Crippen molar-refractivity contribution in [1.29, 1.82) is 0 Å². The fourth-order valence-corrected chi connectivity index (χ4v) is 4.46. The number of pyridine rings is 1. The maximum absolute atomic E-state index is 14.2. The van der Waals surface area contributed by atoms with Gasteiger partial charge in [0.1, 0.15) is 11.6 Å². The first kappa shape index (κ1) is 36.3. The van der Waals surface area contributed by atoms with E-state index in [1.807, 2.05) is 72.0 Å². The molecule has 233 valence electrons. The molecule has 1 aromatic heterocycles. The van der Waals surface area contributed by atoms with Crippen LogP contribution in [0.5, 0.6) is 0 Å². The topological polar surface area (TPSA) is 50.2 Å². The Kier molecular flexibility index (Phi) is 12.4. The molecule has 3 aromatic carbocycles. The summed E-state index contributed by atoms with van der Waals surface area (Å²) in [4.78, 5) is 16.5. The monoisotopic (exact) mass is 761 g/mol. The molecule has 0 unspecified atom stereocenters. The van der Waals surface area contributed by atoms with Crippen molar-refractivity contribution in [3.05, 3.63) is 89.6 Å². The van der Waals surface area contributed by atoms with Crippen molar-refractivity contribution in [3.8, 4) is 11.3 Å².